The van der Waals surface area contributed by atoms with Gasteiger partial charge in [0.2, 0.25) is 0 Å². The Kier molecular flexibility index (Phi) is 6.57. The first kappa shape index (κ1) is 53.5. The van der Waals surface area contributed by atoms with Crippen LogP contribution in [0.5, 0.6) is 0 Å². The van der Waals surface area contributed by atoms with Crippen molar-refractivity contribution in [3.8, 4) is 0 Å². The molecule has 0 heterocycles. The molecule has 0 radical (unpaired) electrons. The van der Waals surface area contributed by atoms with Crippen molar-refractivity contribution in [1.29, 1.82) is 0 Å². The van der Waals surface area contributed by atoms with Crippen molar-refractivity contribution in [2.75, 3.05) is 0 Å². The number of fused-ring (bicyclic) bond motifs is 14. The zero-order chi connectivity index (χ0) is 67.4. The molecular formula is C114H126. The van der Waals surface area contributed by atoms with Crippen molar-refractivity contribution in [2.45, 2.75) is 77.0 Å². The second kappa shape index (κ2) is 14.0. The zero-order valence-corrected chi connectivity index (χ0v) is 67.4. The monoisotopic (exact) mass is 1490 g/mol. The van der Waals surface area contributed by atoms with E-state index in [9.17, 15) is 0 Å². The highest BCUT2D eigenvalue weighted by Gasteiger charge is 3.03. The highest BCUT2D eigenvalue weighted by atomic mass is 15.1. The van der Waals surface area contributed by atoms with E-state index < -0.39 is 0 Å². The average molecular weight is 1500 g/mol. The highest BCUT2D eigenvalue weighted by Crippen LogP contribution is 3.07. The maximum Gasteiger partial charge on any atom is -0.0312 e. The van der Waals surface area contributed by atoms with Crippen LogP contribution in [0.4, 0.5) is 0 Å². The Labute approximate surface area is 676 Å². The van der Waals surface area contributed by atoms with Crippen LogP contribution in [-0.4, -0.2) is 0 Å². The van der Waals surface area contributed by atoms with E-state index in [-0.39, 0.29) is 0 Å². The minimum absolute atomic E-state index is 1.21. The summed E-state index contributed by atoms with van der Waals surface area (Å²) in [5.41, 5.74) is 0. The lowest BCUT2D eigenvalue weighted by atomic mass is 9.06. The molecule has 0 N–H and O–H groups in total. The van der Waals surface area contributed by atoms with Crippen molar-refractivity contribution < 1.29 is 0 Å². The third-order valence-corrected chi connectivity index (χ3v) is 71.3. The fraction of sp³-hybridized carbons (Fsp3) is 1.00. The molecular weight excluding hydrogens is 1370 g/mol. The van der Waals surface area contributed by atoms with E-state index >= 15 is 0 Å². The van der Waals surface area contributed by atoms with E-state index in [1.54, 1.807) is 12.8 Å². The minimum Gasteiger partial charge on any atom is -0.0499 e. The van der Waals surface area contributed by atoms with Crippen LogP contribution in [0.3, 0.4) is 0 Å². The third-order valence-electron chi connectivity index (χ3n) is 71.3. The largest absolute Gasteiger partial charge is 0.0499 e. The summed E-state index contributed by atoms with van der Waals surface area (Å²) in [6.45, 7) is 0. The average Bonchev–Trinajstić information content (AvgIpc) is 0.784. The molecule has 0 amide bonds. The Morgan fingerprint density at radius 2 is 0.167 bits per heavy atom. The summed E-state index contributed by atoms with van der Waals surface area (Å²) in [4.78, 5) is 0. The van der Waals surface area contributed by atoms with Crippen LogP contribution in [-0.2, 0) is 0 Å². The predicted molar refractivity (Wildman–Crippen MR) is 411 cm³/mol. The maximum atomic E-state index is 1.92. The topological polar surface area (TPSA) is 0 Å². The molecule has 92 atom stereocenters. The van der Waals surface area contributed by atoms with Crippen molar-refractivity contribution in [1.82, 2.24) is 0 Å². The van der Waals surface area contributed by atoms with E-state index in [4.69, 9.17) is 0 Å². The summed E-state index contributed by atoms with van der Waals surface area (Å²) in [7, 11) is 0. The molecule has 0 aromatic heterocycles. The Hall–Kier alpha value is 0. The van der Waals surface area contributed by atoms with Crippen LogP contribution in [0.15, 0.2) is 0 Å². The van der Waals surface area contributed by atoms with Gasteiger partial charge in [-0.2, -0.15) is 0 Å². The van der Waals surface area contributed by atoms with Crippen LogP contribution in [0.1, 0.15) is 77.0 Å². The van der Waals surface area contributed by atoms with Gasteiger partial charge in [-0.1, -0.05) is 0 Å². The Balaban J connectivity index is 0.587. The van der Waals surface area contributed by atoms with Gasteiger partial charge in [0.25, 0.3) is 0 Å². The van der Waals surface area contributed by atoms with Crippen LogP contribution in [0.25, 0.3) is 0 Å². The molecule has 0 heteroatoms. The summed E-state index contributed by atoms with van der Waals surface area (Å²) in [5, 5.41) is 0. The molecule has 0 aromatic rings. The lowest BCUT2D eigenvalue weighted by molar-refractivity contribution is -0.522. The molecule has 114 heavy (non-hydrogen) atoms. The molecule has 0 aliphatic heterocycles. The van der Waals surface area contributed by atoms with Gasteiger partial charge < -0.3 is 0 Å². The summed E-state index contributed by atoms with van der Waals surface area (Å²) in [6, 6.07) is 0. The number of hydrogen-bond acceptors (Lipinski definition) is 0. The van der Waals surface area contributed by atoms with Gasteiger partial charge in [-0.25, -0.2) is 0 Å². The highest BCUT2D eigenvalue weighted by molar-refractivity contribution is 5.50. The normalized spacial score (nSPS) is 99.2. The first-order chi connectivity index (χ1) is 56.8. The molecule has 92 unspecified atom stereocenters. The van der Waals surface area contributed by atoms with E-state index in [0.717, 1.165) is 0 Å². The van der Waals surface area contributed by atoms with Gasteiger partial charge in [0.15, 0.2) is 0 Å². The van der Waals surface area contributed by atoms with Crippen LogP contribution < -0.4 is 0 Å². The summed E-state index contributed by atoms with van der Waals surface area (Å²) >= 11 is 0. The second-order valence-corrected chi connectivity index (χ2v) is 63.8. The van der Waals surface area contributed by atoms with Gasteiger partial charge in [0.05, 0.1) is 0 Å². The maximum absolute atomic E-state index is 1.92. The van der Waals surface area contributed by atoms with Gasteiger partial charge in [0, 0.05) is 0 Å². The van der Waals surface area contributed by atoms with Crippen LogP contribution in [0.2, 0.25) is 0 Å². The molecule has 0 bridgehead atoms. The lowest BCUT2D eigenvalue weighted by Gasteiger charge is -2.99. The Bertz CT molecular complexity index is 4980. The van der Waals surface area contributed by atoms with Gasteiger partial charge >= 0.3 is 0 Å². The standard InChI is InChI=1S/C114H126/c1-2-14-8-21-23-12-27-42-54-38(23)52-36(21)50-31(14)30-13(1)7-20-22-11-26-41-53-37(22)51-35(20)49(30)67(50)83-68(51)84-70(53)86-72-55(41)43(26)61-76-59-39-24-9-18-5-16-3-15-4-17-6-19-10-25-29(19)46-33(17)48-34(15)47-32(16)45(28(18)24)63-57(39)74(59)92-94-80(63)65(47)82-66(48)81-64(46)58-40(25)60-75(58)93-95(81)105-96(82)104(94)111-109-100(88(72)78(61)90(76)102(92)109)107-98(86)106-97(84)85(69(52)83)71(54)87-73-56(42)44(27)62-77(60)91-79(62)89(73)101-108(99(87)106)113(107)114(111)112(105)110(101)103(91)93/h13-114H,1-12H2. The van der Waals surface area contributed by atoms with Crippen molar-refractivity contribution in [2.24, 2.45) is 604 Å². The van der Waals surface area contributed by atoms with Crippen LogP contribution >= 0.6 is 0 Å². The Morgan fingerprint density at radius 3 is 0.368 bits per heavy atom. The van der Waals surface area contributed by atoms with E-state index in [1.807, 2.05) is 64.2 Å². The van der Waals surface area contributed by atoms with Crippen molar-refractivity contribution in [3.63, 3.8) is 0 Å². The van der Waals surface area contributed by atoms with E-state index in [2.05, 4.69) is 0 Å². The lowest BCUT2D eigenvalue weighted by Crippen LogP contribution is -2.95. The van der Waals surface area contributed by atoms with Gasteiger partial charge in [-0.3, -0.25) is 0 Å². The molecule has 52 fully saturated rings. The van der Waals surface area contributed by atoms with Gasteiger partial charge in [0.1, 0.15) is 0 Å². The Morgan fingerprint density at radius 1 is 0.0614 bits per heavy atom. The first-order valence-electron chi connectivity index (χ1n) is 56.8. The SMILES string of the molecule is C1C2CC3C2C2C4C1CC1CC5CC6CC7C6C6C5C5C1C4C1C4C2C2C3C3C8C9C%10C%11CC%12C%13CC%14CCC%15CC%16C%17CC%18C%19C%20C%17C%17C%16C%16C%15C%14C%14C%13C%13C%12C%12C%11C%10C%10C%11C%12C%12C%13C(C%14%16)C%17C%13C%20C%14C%15C%19C%18C%16C%17C%18C7C7C6C6C5C1C1C5C4C(C23)C2C8C9C%10C3C2C5C2C4C1C6C(C7%18)C1C%17C%16C%15C(C14)C1C%14C(C%12%13)C%11C3C12. The summed E-state index contributed by atoms with van der Waals surface area (Å²) in [6.07, 6.45) is 22.2. The summed E-state index contributed by atoms with van der Waals surface area (Å²) in [5.74, 6) is 132. The van der Waals surface area contributed by atoms with E-state index in [1.165, 1.54) is 604 Å². The molecule has 52 aliphatic rings. The third kappa shape index (κ3) is 3.67. The number of hydrogen-bond donors (Lipinski definition) is 0. The molecule has 52 aliphatic carbocycles. The quantitative estimate of drug-likeness (QED) is 0.227. The first-order valence-corrected chi connectivity index (χ1v) is 56.8. The summed E-state index contributed by atoms with van der Waals surface area (Å²) < 4.78 is 0. The fourth-order valence-corrected chi connectivity index (χ4v) is 79.0. The van der Waals surface area contributed by atoms with Gasteiger partial charge in [-0.15, -0.1) is 0 Å². The minimum atomic E-state index is 1.21. The predicted octanol–water partition coefficient (Wildman–Crippen LogP) is 17.2. The zero-order valence-electron chi connectivity index (χ0n) is 67.4. The molecule has 582 valence electrons. The molecule has 0 spiro atoms. The second-order valence-electron chi connectivity index (χ2n) is 63.8. The molecule has 0 nitrogen and oxygen atoms in total. The van der Waals surface area contributed by atoms with Crippen molar-refractivity contribution in [3.05, 3.63) is 0 Å². The molecule has 52 saturated carbocycles. The molecule has 0 aromatic carbocycles. The van der Waals surface area contributed by atoms with E-state index in [0.29, 0.717) is 0 Å². The smallest absolute Gasteiger partial charge is 0.0312 e. The van der Waals surface area contributed by atoms with Crippen LogP contribution in [0, 0.1) is 604 Å². The number of rotatable bonds is 0. The van der Waals surface area contributed by atoms with Gasteiger partial charge in [-0.05, 0) is 681 Å². The fourth-order valence-electron chi connectivity index (χ4n) is 79.0. The van der Waals surface area contributed by atoms with Crippen molar-refractivity contribution >= 4 is 0 Å². The molecule has 52 rings (SSSR count). The molecule has 0 saturated heterocycles.